The molecule has 1 aromatic carbocycles. The van der Waals surface area contributed by atoms with Gasteiger partial charge in [0.1, 0.15) is 18.1 Å². The molecule has 0 aliphatic heterocycles. The van der Waals surface area contributed by atoms with E-state index in [0.29, 0.717) is 6.61 Å². The maximum atomic E-state index is 5.89. The van der Waals surface area contributed by atoms with E-state index in [4.69, 9.17) is 15.2 Å². The third kappa shape index (κ3) is 6.11. The molecule has 3 heteroatoms. The number of nitrogens with two attached hydrogens (primary N) is 1. The summed E-state index contributed by atoms with van der Waals surface area (Å²) in [5.74, 6) is 1.72. The molecule has 0 bridgehead atoms. The van der Waals surface area contributed by atoms with Gasteiger partial charge in [0.15, 0.2) is 0 Å². The summed E-state index contributed by atoms with van der Waals surface area (Å²) in [7, 11) is 0. The molecule has 0 saturated heterocycles. The number of allylic oxidation sites excluding steroid dienone is 1. The van der Waals surface area contributed by atoms with E-state index in [2.05, 4.69) is 26.8 Å². The molecular weight excluding hydrogens is 250 g/mol. The average molecular weight is 277 g/mol. The molecule has 0 aliphatic rings. The summed E-state index contributed by atoms with van der Waals surface area (Å²) < 4.78 is 11.5. The van der Waals surface area contributed by atoms with Gasteiger partial charge >= 0.3 is 0 Å². The Morgan fingerprint density at radius 2 is 2.05 bits per heavy atom. The molecule has 1 rings (SSSR count). The summed E-state index contributed by atoms with van der Waals surface area (Å²) in [6.45, 7) is 9.52. The van der Waals surface area contributed by atoms with Gasteiger partial charge in [0.2, 0.25) is 0 Å². The van der Waals surface area contributed by atoms with E-state index in [-0.39, 0.29) is 6.04 Å². The van der Waals surface area contributed by atoms with Gasteiger partial charge in [-0.2, -0.15) is 0 Å². The minimum absolute atomic E-state index is 0.114. The number of benzene rings is 1. The standard InChI is InChI=1S/C17H27NO2/c1-5-9-19-16-7-6-15(11-14(4)18)17(12-16)20-10-8-13(2)3/h6-8,12,14H,5,9-11,18H2,1-4H3. The second-order valence-corrected chi connectivity index (χ2v) is 5.39. The quantitative estimate of drug-likeness (QED) is 0.737. The first kappa shape index (κ1) is 16.6. The Bertz CT molecular complexity index is 435. The molecule has 1 unspecified atom stereocenters. The lowest BCUT2D eigenvalue weighted by atomic mass is 10.1. The Balaban J connectivity index is 2.84. The monoisotopic (exact) mass is 277 g/mol. The lowest BCUT2D eigenvalue weighted by Crippen LogP contribution is -2.18. The summed E-state index contributed by atoms with van der Waals surface area (Å²) in [4.78, 5) is 0. The van der Waals surface area contributed by atoms with Crippen LogP contribution in [0.4, 0.5) is 0 Å². The Morgan fingerprint density at radius 3 is 2.65 bits per heavy atom. The molecule has 2 N–H and O–H groups in total. The molecular formula is C17H27NO2. The molecule has 0 spiro atoms. The van der Waals surface area contributed by atoms with E-state index in [1.807, 2.05) is 25.1 Å². The molecule has 1 aromatic rings. The zero-order valence-electron chi connectivity index (χ0n) is 13.1. The van der Waals surface area contributed by atoms with E-state index < -0.39 is 0 Å². The van der Waals surface area contributed by atoms with Crippen LogP contribution in [0.3, 0.4) is 0 Å². The lowest BCUT2D eigenvalue weighted by Gasteiger charge is -2.14. The van der Waals surface area contributed by atoms with E-state index in [1.165, 1.54) is 5.57 Å². The second-order valence-electron chi connectivity index (χ2n) is 5.39. The van der Waals surface area contributed by atoms with Crippen molar-refractivity contribution in [3.05, 3.63) is 35.4 Å². The van der Waals surface area contributed by atoms with Crippen LogP contribution in [0.25, 0.3) is 0 Å². The minimum atomic E-state index is 0.114. The van der Waals surface area contributed by atoms with E-state index in [0.717, 1.165) is 36.5 Å². The summed E-state index contributed by atoms with van der Waals surface area (Å²) in [6, 6.07) is 6.11. The smallest absolute Gasteiger partial charge is 0.126 e. The Morgan fingerprint density at radius 1 is 1.30 bits per heavy atom. The predicted molar refractivity (Wildman–Crippen MR) is 84.5 cm³/mol. The number of rotatable bonds is 8. The highest BCUT2D eigenvalue weighted by Crippen LogP contribution is 2.26. The summed E-state index contributed by atoms with van der Waals surface area (Å²) in [5.41, 5.74) is 8.27. The summed E-state index contributed by atoms with van der Waals surface area (Å²) in [5, 5.41) is 0. The SMILES string of the molecule is CCCOc1ccc(CC(C)N)c(OCC=C(C)C)c1. The van der Waals surface area contributed by atoms with Crippen molar-refractivity contribution in [2.24, 2.45) is 5.73 Å². The minimum Gasteiger partial charge on any atom is -0.493 e. The van der Waals surface area contributed by atoms with Crippen LogP contribution in [-0.4, -0.2) is 19.3 Å². The van der Waals surface area contributed by atoms with Crippen molar-refractivity contribution in [1.29, 1.82) is 0 Å². The van der Waals surface area contributed by atoms with Crippen molar-refractivity contribution in [3.8, 4) is 11.5 Å². The molecule has 0 amide bonds. The van der Waals surface area contributed by atoms with Gasteiger partial charge in [0.25, 0.3) is 0 Å². The van der Waals surface area contributed by atoms with Crippen LogP contribution in [0.1, 0.15) is 39.7 Å². The van der Waals surface area contributed by atoms with Gasteiger partial charge in [0, 0.05) is 12.1 Å². The van der Waals surface area contributed by atoms with Gasteiger partial charge in [-0.3, -0.25) is 0 Å². The zero-order chi connectivity index (χ0) is 15.0. The fourth-order valence-electron chi connectivity index (χ4n) is 1.79. The van der Waals surface area contributed by atoms with Crippen molar-refractivity contribution in [1.82, 2.24) is 0 Å². The van der Waals surface area contributed by atoms with Gasteiger partial charge in [-0.25, -0.2) is 0 Å². The highest BCUT2D eigenvalue weighted by molar-refractivity contribution is 5.41. The van der Waals surface area contributed by atoms with Crippen LogP contribution < -0.4 is 15.2 Å². The first-order valence-electron chi connectivity index (χ1n) is 7.30. The third-order valence-corrected chi connectivity index (χ3v) is 2.78. The largest absolute Gasteiger partial charge is 0.493 e. The van der Waals surface area contributed by atoms with Crippen LogP contribution in [0, 0.1) is 0 Å². The Labute approximate surface area is 122 Å². The number of ether oxygens (including phenoxy) is 2. The van der Waals surface area contributed by atoms with Gasteiger partial charge in [-0.05, 0) is 51.3 Å². The molecule has 0 fully saturated rings. The highest BCUT2D eigenvalue weighted by atomic mass is 16.5. The van der Waals surface area contributed by atoms with Gasteiger partial charge < -0.3 is 15.2 Å². The van der Waals surface area contributed by atoms with Crippen LogP contribution in [-0.2, 0) is 6.42 Å². The predicted octanol–water partition coefficient (Wildman–Crippen LogP) is 3.71. The Kier molecular flexibility index (Phi) is 7.16. The van der Waals surface area contributed by atoms with Crippen molar-refractivity contribution < 1.29 is 9.47 Å². The van der Waals surface area contributed by atoms with Crippen molar-refractivity contribution in [3.63, 3.8) is 0 Å². The van der Waals surface area contributed by atoms with E-state index in [9.17, 15) is 0 Å². The van der Waals surface area contributed by atoms with Gasteiger partial charge in [-0.15, -0.1) is 0 Å². The fourth-order valence-corrected chi connectivity index (χ4v) is 1.79. The number of hydrogen-bond donors (Lipinski definition) is 1. The first-order valence-corrected chi connectivity index (χ1v) is 7.30. The van der Waals surface area contributed by atoms with E-state index in [1.54, 1.807) is 0 Å². The molecule has 0 heterocycles. The maximum Gasteiger partial charge on any atom is 0.126 e. The second kappa shape index (κ2) is 8.64. The van der Waals surface area contributed by atoms with Crippen LogP contribution >= 0.6 is 0 Å². The summed E-state index contributed by atoms with van der Waals surface area (Å²) >= 11 is 0. The maximum absolute atomic E-state index is 5.89. The lowest BCUT2D eigenvalue weighted by molar-refractivity contribution is 0.311. The van der Waals surface area contributed by atoms with Crippen LogP contribution in [0.5, 0.6) is 11.5 Å². The fraction of sp³-hybridized carbons (Fsp3) is 0.529. The highest BCUT2D eigenvalue weighted by Gasteiger charge is 2.08. The third-order valence-electron chi connectivity index (χ3n) is 2.78. The average Bonchev–Trinajstić information content (AvgIpc) is 2.37. The van der Waals surface area contributed by atoms with E-state index >= 15 is 0 Å². The van der Waals surface area contributed by atoms with Crippen molar-refractivity contribution in [2.75, 3.05) is 13.2 Å². The molecule has 0 radical (unpaired) electrons. The topological polar surface area (TPSA) is 44.5 Å². The molecule has 3 nitrogen and oxygen atoms in total. The normalized spacial score (nSPS) is 11.8. The van der Waals surface area contributed by atoms with Crippen molar-refractivity contribution >= 4 is 0 Å². The summed E-state index contributed by atoms with van der Waals surface area (Å²) in [6.07, 6.45) is 3.86. The van der Waals surface area contributed by atoms with Crippen LogP contribution in [0.2, 0.25) is 0 Å². The molecule has 20 heavy (non-hydrogen) atoms. The first-order chi connectivity index (χ1) is 9.52. The van der Waals surface area contributed by atoms with Gasteiger partial charge in [0.05, 0.1) is 6.61 Å². The molecule has 0 saturated carbocycles. The molecule has 0 aromatic heterocycles. The van der Waals surface area contributed by atoms with Gasteiger partial charge in [-0.1, -0.05) is 18.6 Å². The number of hydrogen-bond acceptors (Lipinski definition) is 3. The molecule has 1 atom stereocenters. The molecule has 112 valence electrons. The van der Waals surface area contributed by atoms with Crippen LogP contribution in [0.15, 0.2) is 29.8 Å². The zero-order valence-corrected chi connectivity index (χ0v) is 13.1. The Hall–Kier alpha value is -1.48. The molecule has 0 aliphatic carbocycles. The van der Waals surface area contributed by atoms with Crippen molar-refractivity contribution in [2.45, 2.75) is 46.6 Å².